The van der Waals surface area contributed by atoms with Crippen LogP contribution < -0.4 is 4.90 Å². The van der Waals surface area contributed by atoms with Crippen LogP contribution in [0.3, 0.4) is 0 Å². The summed E-state index contributed by atoms with van der Waals surface area (Å²) in [7, 11) is 0. The maximum atomic E-state index is 12.6. The minimum absolute atomic E-state index is 0.168. The molecule has 1 atom stereocenters. The lowest BCUT2D eigenvalue weighted by Crippen LogP contribution is -2.46. The number of anilines is 1. The Hall–Kier alpha value is -1.76. The van der Waals surface area contributed by atoms with Crippen LogP contribution in [0.25, 0.3) is 0 Å². The zero-order chi connectivity index (χ0) is 11.5. The van der Waals surface area contributed by atoms with E-state index in [2.05, 4.69) is 9.97 Å². The number of hydrogen-bond donors (Lipinski definition) is 1. The first-order valence-electron chi connectivity index (χ1n) is 4.74. The average molecular weight is 227 g/mol. The molecular formula is C9H10FN3O3. The van der Waals surface area contributed by atoms with Gasteiger partial charge in [-0.2, -0.15) is 0 Å². The summed E-state index contributed by atoms with van der Waals surface area (Å²) in [5.41, 5.74) is 0. The summed E-state index contributed by atoms with van der Waals surface area (Å²) in [6, 6.07) is 0. The number of hydrogen-bond acceptors (Lipinski definition) is 5. The van der Waals surface area contributed by atoms with Gasteiger partial charge in [-0.1, -0.05) is 0 Å². The Bertz CT molecular complexity index is 384. The normalized spacial score (nSPS) is 20.8. The first-order valence-corrected chi connectivity index (χ1v) is 4.74. The molecule has 86 valence electrons. The molecule has 1 N–H and O–H groups in total. The Labute approximate surface area is 90.7 Å². The fourth-order valence-electron chi connectivity index (χ4n) is 1.45. The number of morpholine rings is 1. The zero-order valence-electron chi connectivity index (χ0n) is 8.34. The standard InChI is InChI=1S/C9H10FN3O3/c10-6-3-11-9(12-4-6)13-1-2-16-7(5-13)8(14)15/h3-4,7H,1-2,5H2,(H,14,15). The van der Waals surface area contributed by atoms with Crippen molar-refractivity contribution in [2.75, 3.05) is 24.6 Å². The van der Waals surface area contributed by atoms with Crippen molar-refractivity contribution in [2.45, 2.75) is 6.10 Å². The Morgan fingerprint density at radius 2 is 2.25 bits per heavy atom. The predicted octanol–water partition coefficient (Wildman–Crippen LogP) is -0.0945. The Morgan fingerprint density at radius 3 is 2.88 bits per heavy atom. The van der Waals surface area contributed by atoms with E-state index in [1.165, 1.54) is 0 Å². The number of carboxylic acid groups (broad SMARTS) is 1. The van der Waals surface area contributed by atoms with Gasteiger partial charge in [0, 0.05) is 6.54 Å². The van der Waals surface area contributed by atoms with E-state index in [1.807, 2.05) is 0 Å². The number of rotatable bonds is 2. The molecule has 1 aliphatic rings. The molecular weight excluding hydrogens is 217 g/mol. The summed E-state index contributed by atoms with van der Waals surface area (Å²) in [5, 5.41) is 8.79. The van der Waals surface area contributed by atoms with Crippen LogP contribution >= 0.6 is 0 Å². The third kappa shape index (κ3) is 2.25. The van der Waals surface area contributed by atoms with E-state index in [0.717, 1.165) is 12.4 Å². The van der Waals surface area contributed by atoms with E-state index >= 15 is 0 Å². The van der Waals surface area contributed by atoms with Crippen molar-refractivity contribution >= 4 is 11.9 Å². The maximum absolute atomic E-state index is 12.6. The SMILES string of the molecule is O=C(O)C1CN(c2ncc(F)cn2)CCO1. The molecule has 1 unspecified atom stereocenters. The minimum atomic E-state index is -1.02. The first kappa shape index (κ1) is 10.7. The minimum Gasteiger partial charge on any atom is -0.479 e. The molecule has 2 heterocycles. The van der Waals surface area contributed by atoms with Crippen molar-refractivity contribution in [3.63, 3.8) is 0 Å². The van der Waals surface area contributed by atoms with Crippen LogP contribution in [0.2, 0.25) is 0 Å². The summed E-state index contributed by atoms with van der Waals surface area (Å²) in [5.74, 6) is -1.23. The highest BCUT2D eigenvalue weighted by Crippen LogP contribution is 2.12. The molecule has 0 saturated carbocycles. The largest absolute Gasteiger partial charge is 0.479 e. The molecule has 1 aromatic heterocycles. The second-order valence-electron chi connectivity index (χ2n) is 3.34. The Morgan fingerprint density at radius 1 is 1.56 bits per heavy atom. The van der Waals surface area contributed by atoms with Crippen molar-refractivity contribution in [1.82, 2.24) is 9.97 Å². The van der Waals surface area contributed by atoms with E-state index in [0.29, 0.717) is 12.5 Å². The Balaban J connectivity index is 2.09. The summed E-state index contributed by atoms with van der Waals surface area (Å²) in [6.45, 7) is 0.952. The second kappa shape index (κ2) is 4.40. The molecule has 1 saturated heterocycles. The van der Waals surface area contributed by atoms with Gasteiger partial charge in [0.15, 0.2) is 11.9 Å². The van der Waals surface area contributed by atoms with E-state index in [9.17, 15) is 9.18 Å². The van der Waals surface area contributed by atoms with Crippen LogP contribution in [-0.4, -0.2) is 46.8 Å². The molecule has 1 aromatic rings. The number of carbonyl (C=O) groups is 1. The molecule has 1 fully saturated rings. The third-order valence-electron chi connectivity index (χ3n) is 2.23. The summed E-state index contributed by atoms with van der Waals surface area (Å²) in [4.78, 5) is 20.0. The lowest BCUT2D eigenvalue weighted by atomic mass is 10.3. The molecule has 0 bridgehead atoms. The average Bonchev–Trinajstić information content (AvgIpc) is 2.30. The highest BCUT2D eigenvalue weighted by molar-refractivity contribution is 5.73. The van der Waals surface area contributed by atoms with Gasteiger partial charge >= 0.3 is 5.97 Å². The van der Waals surface area contributed by atoms with Crippen LogP contribution in [0.15, 0.2) is 12.4 Å². The molecule has 1 aliphatic heterocycles. The van der Waals surface area contributed by atoms with Crippen molar-refractivity contribution in [1.29, 1.82) is 0 Å². The van der Waals surface area contributed by atoms with Gasteiger partial charge in [-0.25, -0.2) is 19.2 Å². The number of carboxylic acids is 1. The van der Waals surface area contributed by atoms with Crippen LogP contribution in [0.4, 0.5) is 10.3 Å². The maximum Gasteiger partial charge on any atom is 0.334 e. The number of aromatic nitrogens is 2. The van der Waals surface area contributed by atoms with Crippen molar-refractivity contribution in [3.8, 4) is 0 Å². The van der Waals surface area contributed by atoms with Crippen molar-refractivity contribution in [2.24, 2.45) is 0 Å². The topological polar surface area (TPSA) is 75.5 Å². The highest BCUT2D eigenvalue weighted by Gasteiger charge is 2.27. The molecule has 0 spiro atoms. The van der Waals surface area contributed by atoms with Crippen LogP contribution in [0.1, 0.15) is 0 Å². The van der Waals surface area contributed by atoms with E-state index in [4.69, 9.17) is 9.84 Å². The fourth-order valence-corrected chi connectivity index (χ4v) is 1.45. The molecule has 6 nitrogen and oxygen atoms in total. The lowest BCUT2D eigenvalue weighted by Gasteiger charge is -2.30. The molecule has 16 heavy (non-hydrogen) atoms. The van der Waals surface area contributed by atoms with E-state index in [1.54, 1.807) is 4.90 Å². The molecule has 7 heteroatoms. The number of halogens is 1. The van der Waals surface area contributed by atoms with Crippen LogP contribution in [-0.2, 0) is 9.53 Å². The smallest absolute Gasteiger partial charge is 0.334 e. The van der Waals surface area contributed by atoms with Gasteiger partial charge in [0.2, 0.25) is 5.95 Å². The molecule has 2 rings (SSSR count). The molecule has 0 aromatic carbocycles. The second-order valence-corrected chi connectivity index (χ2v) is 3.34. The molecule has 0 amide bonds. The molecule has 0 aliphatic carbocycles. The molecule has 0 radical (unpaired) electrons. The summed E-state index contributed by atoms with van der Waals surface area (Å²) < 4.78 is 17.6. The number of nitrogens with zero attached hydrogens (tertiary/aromatic N) is 3. The third-order valence-corrected chi connectivity index (χ3v) is 2.23. The van der Waals surface area contributed by atoms with Crippen molar-refractivity contribution in [3.05, 3.63) is 18.2 Å². The summed E-state index contributed by atoms with van der Waals surface area (Å²) >= 11 is 0. The van der Waals surface area contributed by atoms with Gasteiger partial charge in [0.1, 0.15) is 0 Å². The van der Waals surface area contributed by atoms with Gasteiger partial charge in [0.05, 0.1) is 25.5 Å². The van der Waals surface area contributed by atoms with Gasteiger partial charge < -0.3 is 14.7 Å². The van der Waals surface area contributed by atoms with Crippen LogP contribution in [0.5, 0.6) is 0 Å². The van der Waals surface area contributed by atoms with Crippen molar-refractivity contribution < 1.29 is 19.0 Å². The predicted molar refractivity (Wildman–Crippen MR) is 51.6 cm³/mol. The van der Waals surface area contributed by atoms with Gasteiger partial charge in [0.25, 0.3) is 0 Å². The van der Waals surface area contributed by atoms with Crippen LogP contribution in [0, 0.1) is 5.82 Å². The zero-order valence-corrected chi connectivity index (χ0v) is 8.34. The van der Waals surface area contributed by atoms with E-state index in [-0.39, 0.29) is 13.2 Å². The van der Waals surface area contributed by atoms with Gasteiger partial charge in [-0.15, -0.1) is 0 Å². The number of ether oxygens (including phenoxy) is 1. The number of aliphatic carboxylic acids is 1. The fraction of sp³-hybridized carbons (Fsp3) is 0.444. The quantitative estimate of drug-likeness (QED) is 0.760. The highest BCUT2D eigenvalue weighted by atomic mass is 19.1. The van der Waals surface area contributed by atoms with E-state index < -0.39 is 17.9 Å². The lowest BCUT2D eigenvalue weighted by molar-refractivity contribution is -0.150. The monoisotopic (exact) mass is 227 g/mol. The summed E-state index contributed by atoms with van der Waals surface area (Å²) in [6.07, 6.45) is 1.21. The Kier molecular flexibility index (Phi) is 2.95. The van der Waals surface area contributed by atoms with Gasteiger partial charge in [-0.3, -0.25) is 0 Å². The first-order chi connectivity index (χ1) is 7.66. The van der Waals surface area contributed by atoms with Gasteiger partial charge in [-0.05, 0) is 0 Å².